The number of nitrogens with zero attached hydrogens (tertiary/aromatic N) is 2. The third-order valence-electron chi connectivity index (χ3n) is 3.18. The van der Waals surface area contributed by atoms with Crippen molar-refractivity contribution in [3.63, 3.8) is 0 Å². The van der Waals surface area contributed by atoms with Crippen LogP contribution in [0.25, 0.3) is 0 Å². The highest BCUT2D eigenvalue weighted by Crippen LogP contribution is 2.19. The normalized spacial score (nSPS) is 14.9. The van der Waals surface area contributed by atoms with Crippen LogP contribution in [-0.4, -0.2) is 24.6 Å². The van der Waals surface area contributed by atoms with E-state index < -0.39 is 0 Å². The van der Waals surface area contributed by atoms with E-state index in [0.717, 1.165) is 30.6 Å². The van der Waals surface area contributed by atoms with Gasteiger partial charge in [0.1, 0.15) is 5.82 Å². The summed E-state index contributed by atoms with van der Waals surface area (Å²) in [5, 5.41) is 3.50. The molecule has 1 aromatic heterocycles. The Kier molecular flexibility index (Phi) is 4.37. The number of rotatable bonds is 7. The second kappa shape index (κ2) is 6.01. The molecule has 1 fully saturated rings. The van der Waals surface area contributed by atoms with Gasteiger partial charge in [0.15, 0.2) is 0 Å². The molecule has 0 unspecified atom stereocenters. The first kappa shape index (κ1) is 12.4. The summed E-state index contributed by atoms with van der Waals surface area (Å²) in [5.41, 5.74) is 1.15. The molecular weight excluding hydrogens is 210 g/mol. The largest absolute Gasteiger partial charge is 0.360 e. The van der Waals surface area contributed by atoms with Crippen LogP contribution in [0.2, 0.25) is 0 Å². The van der Waals surface area contributed by atoms with Gasteiger partial charge in [-0.1, -0.05) is 19.4 Å². The van der Waals surface area contributed by atoms with Gasteiger partial charge in [0, 0.05) is 26.2 Å². The molecule has 3 heteroatoms. The van der Waals surface area contributed by atoms with Crippen molar-refractivity contribution in [2.45, 2.75) is 45.2 Å². The van der Waals surface area contributed by atoms with Crippen LogP contribution >= 0.6 is 0 Å². The first-order chi connectivity index (χ1) is 8.29. The molecule has 3 nitrogen and oxygen atoms in total. The molecule has 0 spiro atoms. The smallest absolute Gasteiger partial charge is 0.128 e. The van der Waals surface area contributed by atoms with Gasteiger partial charge >= 0.3 is 0 Å². The van der Waals surface area contributed by atoms with Gasteiger partial charge < -0.3 is 10.2 Å². The highest BCUT2D eigenvalue weighted by Gasteiger charge is 2.20. The Morgan fingerprint density at radius 1 is 1.41 bits per heavy atom. The van der Waals surface area contributed by atoms with E-state index in [-0.39, 0.29) is 0 Å². The van der Waals surface area contributed by atoms with Gasteiger partial charge in [0.2, 0.25) is 0 Å². The number of anilines is 1. The van der Waals surface area contributed by atoms with E-state index in [4.69, 9.17) is 0 Å². The molecule has 94 valence electrons. The number of pyridine rings is 1. The molecule has 1 heterocycles. The summed E-state index contributed by atoms with van der Waals surface area (Å²) in [5.74, 6) is 1.09. The molecule has 0 amide bonds. The predicted molar refractivity (Wildman–Crippen MR) is 72.3 cm³/mol. The summed E-state index contributed by atoms with van der Waals surface area (Å²) >= 11 is 0. The van der Waals surface area contributed by atoms with Crippen LogP contribution in [0.5, 0.6) is 0 Å². The molecule has 1 aromatic rings. The minimum Gasteiger partial charge on any atom is -0.360 e. The summed E-state index contributed by atoms with van der Waals surface area (Å²) < 4.78 is 0. The highest BCUT2D eigenvalue weighted by molar-refractivity contribution is 5.38. The van der Waals surface area contributed by atoms with Gasteiger partial charge in [0.25, 0.3) is 0 Å². The van der Waals surface area contributed by atoms with Crippen molar-refractivity contribution in [3.8, 4) is 0 Å². The van der Waals surface area contributed by atoms with Gasteiger partial charge in [-0.3, -0.25) is 0 Å². The zero-order valence-electron chi connectivity index (χ0n) is 10.9. The van der Waals surface area contributed by atoms with Gasteiger partial charge in [-0.15, -0.1) is 0 Å². The van der Waals surface area contributed by atoms with Crippen LogP contribution in [0.1, 0.15) is 38.3 Å². The lowest BCUT2D eigenvalue weighted by Crippen LogP contribution is -2.21. The lowest BCUT2D eigenvalue weighted by Gasteiger charge is -2.18. The first-order valence-electron chi connectivity index (χ1n) is 6.70. The average Bonchev–Trinajstić information content (AvgIpc) is 3.18. The van der Waals surface area contributed by atoms with E-state index in [1.807, 2.05) is 0 Å². The SMILES string of the molecule is CCCCN(C)c1cccc(CNC2CC2)n1. The van der Waals surface area contributed by atoms with Crippen LogP contribution in [0.15, 0.2) is 18.2 Å². The minimum atomic E-state index is 0.748. The minimum absolute atomic E-state index is 0.748. The molecule has 1 aliphatic rings. The monoisotopic (exact) mass is 233 g/mol. The Balaban J connectivity index is 1.89. The Morgan fingerprint density at radius 2 is 2.24 bits per heavy atom. The fourth-order valence-corrected chi connectivity index (χ4v) is 1.82. The number of unbranched alkanes of at least 4 members (excludes halogenated alkanes) is 1. The summed E-state index contributed by atoms with van der Waals surface area (Å²) in [7, 11) is 2.12. The Labute approximate surface area is 104 Å². The predicted octanol–water partition coefficient (Wildman–Crippen LogP) is 2.57. The third kappa shape index (κ3) is 4.00. The second-order valence-electron chi connectivity index (χ2n) is 4.92. The second-order valence-corrected chi connectivity index (χ2v) is 4.92. The highest BCUT2D eigenvalue weighted by atomic mass is 15.2. The molecular formula is C14H23N3. The number of aromatic nitrogens is 1. The zero-order valence-corrected chi connectivity index (χ0v) is 10.9. The van der Waals surface area contributed by atoms with Gasteiger partial charge in [-0.05, 0) is 31.4 Å². The quantitative estimate of drug-likeness (QED) is 0.784. The lowest BCUT2D eigenvalue weighted by molar-refractivity contribution is 0.672. The molecule has 0 saturated heterocycles. The van der Waals surface area contributed by atoms with Crippen LogP contribution < -0.4 is 10.2 Å². The van der Waals surface area contributed by atoms with Gasteiger partial charge in [-0.25, -0.2) is 4.98 Å². The van der Waals surface area contributed by atoms with Crippen molar-refractivity contribution >= 4 is 5.82 Å². The molecule has 17 heavy (non-hydrogen) atoms. The maximum Gasteiger partial charge on any atom is 0.128 e. The van der Waals surface area contributed by atoms with Crippen molar-refractivity contribution in [1.82, 2.24) is 10.3 Å². The van der Waals surface area contributed by atoms with Crippen molar-refractivity contribution in [2.75, 3.05) is 18.5 Å². The molecule has 1 N–H and O–H groups in total. The molecule has 0 atom stereocenters. The maximum atomic E-state index is 4.69. The van der Waals surface area contributed by atoms with E-state index in [1.54, 1.807) is 0 Å². The Bertz CT molecular complexity index is 347. The fraction of sp³-hybridized carbons (Fsp3) is 0.643. The van der Waals surface area contributed by atoms with Crippen LogP contribution in [0, 0.1) is 0 Å². The summed E-state index contributed by atoms with van der Waals surface area (Å²) in [6.45, 7) is 4.21. The van der Waals surface area contributed by atoms with E-state index in [0.29, 0.717) is 0 Å². The standard InChI is InChI=1S/C14H23N3/c1-3-4-10-17(2)14-7-5-6-13(16-14)11-15-12-8-9-12/h5-7,12,15H,3-4,8-11H2,1-2H3. The van der Waals surface area contributed by atoms with Crippen LogP contribution in [0.4, 0.5) is 5.82 Å². The summed E-state index contributed by atoms with van der Waals surface area (Å²) in [4.78, 5) is 6.93. The molecule has 2 rings (SSSR count). The van der Waals surface area contributed by atoms with E-state index in [9.17, 15) is 0 Å². The van der Waals surface area contributed by atoms with Gasteiger partial charge in [0.05, 0.1) is 5.69 Å². The first-order valence-corrected chi connectivity index (χ1v) is 6.70. The van der Waals surface area contributed by atoms with E-state index in [1.165, 1.54) is 25.7 Å². The fourth-order valence-electron chi connectivity index (χ4n) is 1.82. The van der Waals surface area contributed by atoms with E-state index in [2.05, 4.69) is 47.4 Å². The average molecular weight is 233 g/mol. The topological polar surface area (TPSA) is 28.2 Å². The molecule has 1 saturated carbocycles. The van der Waals surface area contributed by atoms with Crippen molar-refractivity contribution in [2.24, 2.45) is 0 Å². The molecule has 0 aromatic carbocycles. The van der Waals surface area contributed by atoms with Crippen molar-refractivity contribution in [1.29, 1.82) is 0 Å². The number of nitrogens with one attached hydrogen (secondary N) is 1. The molecule has 1 aliphatic carbocycles. The van der Waals surface area contributed by atoms with Crippen molar-refractivity contribution in [3.05, 3.63) is 23.9 Å². The Morgan fingerprint density at radius 3 is 2.94 bits per heavy atom. The molecule has 0 aliphatic heterocycles. The zero-order chi connectivity index (χ0) is 12.1. The Hall–Kier alpha value is -1.09. The summed E-state index contributed by atoms with van der Waals surface area (Å²) in [6, 6.07) is 7.05. The third-order valence-corrected chi connectivity index (χ3v) is 3.18. The molecule has 0 bridgehead atoms. The maximum absolute atomic E-state index is 4.69. The number of hydrogen-bond donors (Lipinski definition) is 1. The number of hydrogen-bond acceptors (Lipinski definition) is 3. The van der Waals surface area contributed by atoms with Crippen LogP contribution in [0.3, 0.4) is 0 Å². The molecule has 0 radical (unpaired) electrons. The van der Waals surface area contributed by atoms with Crippen LogP contribution in [-0.2, 0) is 6.54 Å². The van der Waals surface area contributed by atoms with Crippen molar-refractivity contribution < 1.29 is 0 Å². The lowest BCUT2D eigenvalue weighted by atomic mass is 10.3. The summed E-state index contributed by atoms with van der Waals surface area (Å²) in [6.07, 6.45) is 5.11. The van der Waals surface area contributed by atoms with Gasteiger partial charge in [-0.2, -0.15) is 0 Å². The van der Waals surface area contributed by atoms with E-state index >= 15 is 0 Å².